The molecule has 0 fully saturated rings. The van der Waals surface area contributed by atoms with Gasteiger partial charge in [0.15, 0.2) is 11.6 Å². The van der Waals surface area contributed by atoms with Crippen LogP contribution in [-0.4, -0.2) is 34.7 Å². The summed E-state index contributed by atoms with van der Waals surface area (Å²) in [5.41, 5.74) is 0. The topological polar surface area (TPSA) is 20.2 Å². The summed E-state index contributed by atoms with van der Waals surface area (Å²) in [5.74, 6) is -2.25. The first-order chi connectivity index (χ1) is 4.20. The Balaban J connectivity index is 0.000000810. The monoisotopic (exact) mass is 153 g/mol. The van der Waals surface area contributed by atoms with Crippen molar-refractivity contribution in [3.05, 3.63) is 29.8 Å². The summed E-state index contributed by atoms with van der Waals surface area (Å²) < 4.78 is 24.1. The average Bonchev–Trinajstić information content (AvgIpc) is 1.80. The van der Waals surface area contributed by atoms with Crippen LogP contribution in [0.2, 0.25) is 0 Å². The Bertz CT molecular complexity index is 227. The van der Waals surface area contributed by atoms with Crippen molar-refractivity contribution in [2.75, 3.05) is 0 Å². The maximum absolute atomic E-state index is 12.0. The van der Waals surface area contributed by atoms with Gasteiger partial charge in [-0.05, 0) is 12.1 Å². The number of halogens is 2. The predicted octanol–water partition coefficient (Wildman–Crippen LogP) is 1.29. The van der Waals surface area contributed by atoms with Gasteiger partial charge in [-0.25, -0.2) is 8.78 Å². The van der Waals surface area contributed by atoms with Crippen molar-refractivity contribution in [3.8, 4) is 5.75 Å². The van der Waals surface area contributed by atoms with Gasteiger partial charge in [-0.15, -0.1) is 0 Å². The molecule has 1 radical (unpaired) electrons. The molecule has 4 heteroatoms. The summed E-state index contributed by atoms with van der Waals surface area (Å²) in [5, 5.41) is 8.53. The molecule has 0 aliphatic heterocycles. The molecule has 0 amide bonds. The SMILES string of the molecule is Oc1ccc(F)c(F)c1.[Na]. The van der Waals surface area contributed by atoms with Gasteiger partial charge in [-0.3, -0.25) is 0 Å². The molecule has 0 saturated heterocycles. The molecule has 0 spiro atoms. The average molecular weight is 153 g/mol. The van der Waals surface area contributed by atoms with Crippen molar-refractivity contribution in [1.82, 2.24) is 0 Å². The van der Waals surface area contributed by atoms with Gasteiger partial charge in [0.25, 0.3) is 0 Å². The zero-order chi connectivity index (χ0) is 6.85. The molecule has 0 aromatic heterocycles. The Morgan fingerprint density at radius 1 is 1.10 bits per heavy atom. The molecule has 0 aliphatic carbocycles. The molecule has 1 N–H and O–H groups in total. The summed E-state index contributed by atoms with van der Waals surface area (Å²) in [6.45, 7) is 0. The largest absolute Gasteiger partial charge is 0.508 e. The van der Waals surface area contributed by atoms with Gasteiger partial charge in [0.2, 0.25) is 0 Å². The van der Waals surface area contributed by atoms with Crippen LogP contribution in [0, 0.1) is 11.6 Å². The minimum atomic E-state index is -1.03. The second kappa shape index (κ2) is 3.91. The number of hydrogen-bond acceptors (Lipinski definition) is 1. The van der Waals surface area contributed by atoms with Crippen LogP contribution >= 0.6 is 0 Å². The molecule has 0 saturated carbocycles. The molecule has 10 heavy (non-hydrogen) atoms. The van der Waals surface area contributed by atoms with Crippen molar-refractivity contribution >= 4 is 29.6 Å². The summed E-state index contributed by atoms with van der Waals surface area (Å²) >= 11 is 0. The van der Waals surface area contributed by atoms with Crippen LogP contribution in [0.15, 0.2) is 18.2 Å². The number of rotatable bonds is 0. The molecule has 49 valence electrons. The Kier molecular flexibility index (Phi) is 3.86. The van der Waals surface area contributed by atoms with E-state index in [2.05, 4.69) is 0 Å². The van der Waals surface area contributed by atoms with E-state index >= 15 is 0 Å². The fraction of sp³-hybridized carbons (Fsp3) is 0. The fourth-order valence-electron chi connectivity index (χ4n) is 0.485. The second-order valence-corrected chi connectivity index (χ2v) is 1.60. The predicted molar refractivity (Wildman–Crippen MR) is 33.8 cm³/mol. The minimum absolute atomic E-state index is 0. The second-order valence-electron chi connectivity index (χ2n) is 1.60. The number of phenolic OH excluding ortho intramolecular Hbond substituents is 1. The van der Waals surface area contributed by atoms with Crippen LogP contribution in [-0.2, 0) is 0 Å². The molecule has 0 heterocycles. The van der Waals surface area contributed by atoms with E-state index in [1.807, 2.05) is 0 Å². The van der Waals surface area contributed by atoms with Gasteiger partial charge in [0.1, 0.15) is 5.75 Å². The maximum atomic E-state index is 12.0. The summed E-state index contributed by atoms with van der Waals surface area (Å²) in [6, 6.07) is 2.67. The van der Waals surface area contributed by atoms with Crippen LogP contribution in [0.3, 0.4) is 0 Å². The number of phenols is 1. The quantitative estimate of drug-likeness (QED) is 0.557. The summed E-state index contributed by atoms with van der Waals surface area (Å²) in [7, 11) is 0. The minimum Gasteiger partial charge on any atom is -0.508 e. The standard InChI is InChI=1S/C6H4F2O.Na/c7-5-2-1-4(9)3-6(5)8;/h1-3,9H;. The van der Waals surface area contributed by atoms with Crippen LogP contribution in [0.1, 0.15) is 0 Å². The van der Waals surface area contributed by atoms with Crippen molar-refractivity contribution < 1.29 is 13.9 Å². The van der Waals surface area contributed by atoms with E-state index in [-0.39, 0.29) is 35.3 Å². The normalized spacial score (nSPS) is 8.60. The van der Waals surface area contributed by atoms with Crippen molar-refractivity contribution in [2.24, 2.45) is 0 Å². The Morgan fingerprint density at radius 3 is 2.10 bits per heavy atom. The van der Waals surface area contributed by atoms with Gasteiger partial charge in [-0.2, -0.15) is 0 Å². The summed E-state index contributed by atoms with van der Waals surface area (Å²) in [6.07, 6.45) is 0. The van der Waals surface area contributed by atoms with E-state index in [0.717, 1.165) is 18.2 Å². The van der Waals surface area contributed by atoms with Crippen LogP contribution in [0.4, 0.5) is 8.78 Å². The first-order valence-electron chi connectivity index (χ1n) is 2.34. The molecular formula is C6H4F2NaO. The number of hydrogen-bond donors (Lipinski definition) is 1. The van der Waals surface area contributed by atoms with Gasteiger partial charge < -0.3 is 5.11 Å². The number of aromatic hydroxyl groups is 1. The van der Waals surface area contributed by atoms with Gasteiger partial charge in [-0.1, -0.05) is 0 Å². The first-order valence-corrected chi connectivity index (χ1v) is 2.34. The molecule has 1 aromatic carbocycles. The van der Waals surface area contributed by atoms with E-state index in [4.69, 9.17) is 5.11 Å². The van der Waals surface area contributed by atoms with Crippen molar-refractivity contribution in [3.63, 3.8) is 0 Å². The third-order valence-electron chi connectivity index (χ3n) is 0.903. The molecule has 0 bridgehead atoms. The molecule has 0 atom stereocenters. The Hall–Kier alpha value is -0.120. The third-order valence-corrected chi connectivity index (χ3v) is 0.903. The van der Waals surface area contributed by atoms with Crippen LogP contribution < -0.4 is 0 Å². The van der Waals surface area contributed by atoms with E-state index in [9.17, 15) is 8.78 Å². The smallest absolute Gasteiger partial charge is 0.162 e. The molecule has 1 nitrogen and oxygen atoms in total. The van der Waals surface area contributed by atoms with E-state index in [1.165, 1.54) is 0 Å². The van der Waals surface area contributed by atoms with Gasteiger partial charge >= 0.3 is 0 Å². The third kappa shape index (κ3) is 2.25. The Morgan fingerprint density at radius 2 is 1.70 bits per heavy atom. The number of benzene rings is 1. The van der Waals surface area contributed by atoms with Crippen LogP contribution in [0.5, 0.6) is 5.75 Å². The van der Waals surface area contributed by atoms with Crippen molar-refractivity contribution in [2.45, 2.75) is 0 Å². The molecular weight excluding hydrogens is 149 g/mol. The molecule has 1 aromatic rings. The summed E-state index contributed by atoms with van der Waals surface area (Å²) in [4.78, 5) is 0. The van der Waals surface area contributed by atoms with Crippen molar-refractivity contribution in [1.29, 1.82) is 0 Å². The molecule has 0 unspecified atom stereocenters. The zero-order valence-electron chi connectivity index (χ0n) is 5.44. The zero-order valence-corrected chi connectivity index (χ0v) is 7.44. The molecule has 0 aliphatic rings. The van der Waals surface area contributed by atoms with Crippen LogP contribution in [0.25, 0.3) is 0 Å². The molecule has 1 rings (SSSR count). The van der Waals surface area contributed by atoms with Gasteiger partial charge in [0.05, 0.1) is 0 Å². The van der Waals surface area contributed by atoms with E-state index in [1.54, 1.807) is 0 Å². The Labute approximate surface area is 79.0 Å². The van der Waals surface area contributed by atoms with E-state index < -0.39 is 11.6 Å². The van der Waals surface area contributed by atoms with Gasteiger partial charge in [0, 0.05) is 35.6 Å². The first kappa shape index (κ1) is 9.88. The van der Waals surface area contributed by atoms with E-state index in [0.29, 0.717) is 0 Å². The fourth-order valence-corrected chi connectivity index (χ4v) is 0.485. The maximum Gasteiger partial charge on any atom is 0.162 e.